The Hall–Kier alpha value is -7.08. The van der Waals surface area contributed by atoms with Crippen molar-refractivity contribution in [3.05, 3.63) is 82.6 Å². The van der Waals surface area contributed by atoms with Crippen molar-refractivity contribution < 1.29 is 38.3 Å². The van der Waals surface area contributed by atoms with E-state index >= 15 is 4.39 Å². The molecule has 314 valence electrons. The summed E-state index contributed by atoms with van der Waals surface area (Å²) >= 11 is 6.83. The van der Waals surface area contributed by atoms with Crippen molar-refractivity contribution in [1.29, 1.82) is 0 Å². The highest BCUT2D eigenvalue weighted by atomic mass is 35.5. The molecule has 6 N–H and O–H groups in total. The van der Waals surface area contributed by atoms with E-state index in [2.05, 4.69) is 20.9 Å². The number of urea groups is 1. The number of nitrogens with zero attached hydrogens (tertiary/aromatic N) is 6. The molecule has 5 aromatic rings. The van der Waals surface area contributed by atoms with E-state index in [4.69, 9.17) is 22.3 Å². The Balaban J connectivity index is 0.971. The fraction of sp³-hybridized carbons (Fsp3) is 0.286. The van der Waals surface area contributed by atoms with Crippen LogP contribution in [0.2, 0.25) is 5.02 Å². The highest BCUT2D eigenvalue weighted by molar-refractivity contribution is 6.35. The Morgan fingerprint density at radius 1 is 0.934 bits per heavy atom. The Morgan fingerprint density at radius 3 is 2.46 bits per heavy atom. The number of carbonyl (C=O) groups excluding carboxylic acids is 6. The van der Waals surface area contributed by atoms with E-state index in [0.717, 1.165) is 4.90 Å². The lowest BCUT2D eigenvalue weighted by Gasteiger charge is -2.35. The molecule has 3 aliphatic rings. The molecule has 1 unspecified atom stereocenters. The Morgan fingerprint density at radius 2 is 1.70 bits per heavy atom. The molecule has 0 spiro atoms. The normalized spacial score (nSPS) is 16.6. The maximum atomic E-state index is 16.9. The number of likely N-dealkylation sites (N-methyl/N-ethyl adjacent to an activating group) is 1. The number of benzene rings is 4. The smallest absolute Gasteiger partial charge is 0.314 e. The zero-order valence-electron chi connectivity index (χ0n) is 32.8. The van der Waals surface area contributed by atoms with E-state index < -0.39 is 41.5 Å². The molecule has 17 nitrogen and oxygen atoms in total. The third-order valence-electron chi connectivity index (χ3n) is 11.1. The van der Waals surface area contributed by atoms with E-state index in [1.807, 2.05) is 11.0 Å². The number of amides is 7. The molecule has 2 fully saturated rings. The number of piperidine rings is 1. The molecule has 2 saturated heterocycles. The monoisotopic (exact) mass is 850 g/mol. The minimum absolute atomic E-state index is 0.00276. The Bertz CT molecular complexity index is 2670. The number of aromatic hydroxyl groups is 1. The molecule has 7 amide bonds. The van der Waals surface area contributed by atoms with Crippen LogP contribution in [0.4, 0.5) is 26.6 Å². The van der Waals surface area contributed by atoms with Gasteiger partial charge in [-0.05, 0) is 53.1 Å². The number of hydrogen-bond acceptors (Lipinski definition) is 12. The summed E-state index contributed by atoms with van der Waals surface area (Å²) in [7, 11) is 1.61. The van der Waals surface area contributed by atoms with Crippen molar-refractivity contribution >= 4 is 86.3 Å². The number of halogens is 2. The molecular weight excluding hydrogens is 811 g/mol. The number of nitrogens with two attached hydrogens (primary N) is 1. The zero-order valence-corrected chi connectivity index (χ0v) is 33.6. The fourth-order valence-electron chi connectivity index (χ4n) is 8.00. The number of aromatic nitrogens is 2. The number of anilines is 3. The van der Waals surface area contributed by atoms with Gasteiger partial charge in [0.15, 0.2) is 5.82 Å². The number of piperazine rings is 1. The third-order valence-corrected chi connectivity index (χ3v) is 11.4. The van der Waals surface area contributed by atoms with Gasteiger partial charge in [-0.3, -0.25) is 34.2 Å². The number of phenols is 1. The first-order valence-corrected chi connectivity index (χ1v) is 20.0. The van der Waals surface area contributed by atoms with Crippen molar-refractivity contribution in [2.45, 2.75) is 25.3 Å². The third kappa shape index (κ3) is 7.77. The molecule has 8 rings (SSSR count). The van der Waals surface area contributed by atoms with Crippen molar-refractivity contribution in [3.63, 3.8) is 0 Å². The van der Waals surface area contributed by atoms with Crippen molar-refractivity contribution in [1.82, 2.24) is 30.0 Å². The topological polar surface area (TPSA) is 224 Å². The molecule has 61 heavy (non-hydrogen) atoms. The minimum atomic E-state index is -1.10. The molecule has 4 heterocycles. The van der Waals surface area contributed by atoms with Gasteiger partial charge < -0.3 is 36.2 Å². The lowest BCUT2D eigenvalue weighted by atomic mass is 9.96. The number of primary amides is 1. The van der Waals surface area contributed by atoms with Crippen LogP contribution in [0.15, 0.2) is 60.7 Å². The maximum Gasteiger partial charge on any atom is 0.314 e. The molecule has 0 radical (unpaired) electrons. The molecular formula is C42H40ClFN10O7. The molecule has 0 bridgehead atoms. The molecule has 1 atom stereocenters. The standard InChI is InChI=1S/C42H40ClFN10O7/c1-51(14-13-46-29-8-4-7-25-34(29)40(60)54(39(25)59)30-9-10-31(56)48-38(30)58)32(57)11-12-47-42-49-36-27(37(50-42)52-15-17-53(18-16-52)41(45)61)21-28(43)33(35(36)44)26-20-23(55)19-22-5-2-3-6-24(22)26/h2-8,19-21,30,46,55H,9-18H2,1H3,(H2,45,61)(H,47,49,50)(H,48,56,58). The fourth-order valence-corrected chi connectivity index (χ4v) is 8.30. The number of nitrogens with one attached hydrogen (secondary N) is 3. The number of carbonyl (C=O) groups is 6. The van der Waals surface area contributed by atoms with Crippen LogP contribution in [-0.2, 0) is 14.4 Å². The van der Waals surface area contributed by atoms with E-state index in [-0.39, 0.29) is 83.7 Å². The summed E-state index contributed by atoms with van der Waals surface area (Å²) in [5, 5.41) is 20.7. The second-order valence-corrected chi connectivity index (χ2v) is 15.3. The summed E-state index contributed by atoms with van der Waals surface area (Å²) in [4.78, 5) is 91.0. The van der Waals surface area contributed by atoms with Gasteiger partial charge in [0.2, 0.25) is 23.7 Å². The van der Waals surface area contributed by atoms with E-state index in [1.54, 1.807) is 49.5 Å². The molecule has 19 heteroatoms. The highest BCUT2D eigenvalue weighted by Gasteiger charge is 2.45. The highest BCUT2D eigenvalue weighted by Crippen LogP contribution is 2.42. The zero-order chi connectivity index (χ0) is 43.1. The number of hydrogen-bond donors (Lipinski definition) is 5. The number of imide groups is 2. The summed E-state index contributed by atoms with van der Waals surface area (Å²) in [6, 6.07) is 14.9. The first kappa shape index (κ1) is 40.7. The number of rotatable bonds is 11. The van der Waals surface area contributed by atoms with E-state index in [9.17, 15) is 33.9 Å². The SMILES string of the molecule is CN(CCNc1cccc2c1C(=O)N(C1CCC(=O)NC1=O)C2=O)C(=O)CCNc1nc(N2CCN(C(N)=O)CC2)c2cc(Cl)c(-c3cc(O)cc4ccccc34)c(F)c2n1. The van der Waals surface area contributed by atoms with Gasteiger partial charge in [-0.25, -0.2) is 14.2 Å². The van der Waals surface area contributed by atoms with Gasteiger partial charge >= 0.3 is 6.03 Å². The van der Waals surface area contributed by atoms with Gasteiger partial charge in [0.1, 0.15) is 23.1 Å². The summed E-state index contributed by atoms with van der Waals surface area (Å²) in [6.07, 6.45) is 0.0461. The van der Waals surface area contributed by atoms with Gasteiger partial charge in [-0.15, -0.1) is 0 Å². The summed E-state index contributed by atoms with van der Waals surface area (Å²) < 4.78 is 16.9. The van der Waals surface area contributed by atoms with Gasteiger partial charge in [0.25, 0.3) is 11.8 Å². The second-order valence-electron chi connectivity index (χ2n) is 14.9. The molecule has 0 saturated carbocycles. The van der Waals surface area contributed by atoms with Crippen LogP contribution in [0, 0.1) is 5.82 Å². The van der Waals surface area contributed by atoms with Crippen molar-refractivity contribution in [3.8, 4) is 16.9 Å². The summed E-state index contributed by atoms with van der Waals surface area (Å²) in [5.41, 5.74) is 6.50. The van der Waals surface area contributed by atoms with Crippen LogP contribution in [0.3, 0.4) is 0 Å². The average molecular weight is 851 g/mol. The largest absolute Gasteiger partial charge is 0.508 e. The van der Waals surface area contributed by atoms with Crippen LogP contribution in [-0.4, -0.2) is 124 Å². The van der Waals surface area contributed by atoms with Gasteiger partial charge in [0.05, 0.1) is 16.1 Å². The predicted octanol–water partition coefficient (Wildman–Crippen LogP) is 3.92. The average Bonchev–Trinajstić information content (AvgIpc) is 3.49. The van der Waals surface area contributed by atoms with Crippen molar-refractivity contribution in [2.75, 3.05) is 68.4 Å². The summed E-state index contributed by atoms with van der Waals surface area (Å²) in [6.45, 7) is 1.82. The lowest BCUT2D eigenvalue weighted by molar-refractivity contribution is -0.136. The van der Waals surface area contributed by atoms with Crippen LogP contribution >= 0.6 is 11.6 Å². The Labute approximate surface area is 352 Å². The number of phenolic OH excluding ortho intramolecular Hbond substituents is 1. The van der Waals surface area contributed by atoms with E-state index in [1.165, 1.54) is 21.9 Å². The first-order valence-electron chi connectivity index (χ1n) is 19.6. The van der Waals surface area contributed by atoms with Crippen LogP contribution in [0.25, 0.3) is 32.8 Å². The number of fused-ring (bicyclic) bond motifs is 3. The van der Waals surface area contributed by atoms with Crippen LogP contribution in [0.5, 0.6) is 5.75 Å². The summed E-state index contributed by atoms with van der Waals surface area (Å²) in [5.74, 6) is -3.06. The van der Waals surface area contributed by atoms with Crippen LogP contribution < -0.4 is 26.6 Å². The first-order chi connectivity index (χ1) is 29.3. The Kier molecular flexibility index (Phi) is 11.0. The predicted molar refractivity (Wildman–Crippen MR) is 225 cm³/mol. The van der Waals surface area contributed by atoms with Gasteiger partial charge in [0, 0.05) is 82.3 Å². The molecule has 4 aromatic carbocycles. The van der Waals surface area contributed by atoms with Crippen LogP contribution in [0.1, 0.15) is 40.0 Å². The van der Waals surface area contributed by atoms with Gasteiger partial charge in [-0.1, -0.05) is 41.9 Å². The second kappa shape index (κ2) is 16.5. The molecule has 0 aliphatic carbocycles. The molecule has 1 aromatic heterocycles. The molecule has 3 aliphatic heterocycles. The van der Waals surface area contributed by atoms with Crippen molar-refractivity contribution in [2.24, 2.45) is 5.73 Å². The lowest BCUT2D eigenvalue weighted by Crippen LogP contribution is -2.54. The van der Waals surface area contributed by atoms with E-state index in [0.29, 0.717) is 59.4 Å². The van der Waals surface area contributed by atoms with Gasteiger partial charge in [-0.2, -0.15) is 4.98 Å². The minimum Gasteiger partial charge on any atom is -0.508 e. The quantitative estimate of drug-likeness (QED) is 0.119. The maximum absolute atomic E-state index is 16.9.